The molecule has 0 atom stereocenters. The molecule has 27 heavy (non-hydrogen) atoms. The van der Waals surface area contributed by atoms with Crippen molar-refractivity contribution in [1.29, 1.82) is 0 Å². The van der Waals surface area contributed by atoms with Crippen LogP contribution >= 0.6 is 11.8 Å². The lowest BCUT2D eigenvalue weighted by Crippen LogP contribution is -2.19. The van der Waals surface area contributed by atoms with Crippen LogP contribution in [0.2, 0.25) is 0 Å². The molecule has 0 saturated carbocycles. The number of ether oxygens (including phenoxy) is 1. The first-order valence-electron chi connectivity index (χ1n) is 7.99. The number of thioether (sulfide) groups is 1. The predicted octanol–water partition coefficient (Wildman–Crippen LogP) is 2.10. The van der Waals surface area contributed by atoms with Crippen LogP contribution in [0.15, 0.2) is 51.8 Å². The second kappa shape index (κ2) is 8.00. The molecular weight excluding hydrogens is 366 g/mol. The molecule has 1 fully saturated rings. The van der Waals surface area contributed by atoms with Crippen molar-refractivity contribution in [2.24, 2.45) is 10.2 Å². The van der Waals surface area contributed by atoms with Gasteiger partial charge in [0.25, 0.3) is 5.91 Å². The number of carbonyl (C=O) groups is 2. The monoisotopic (exact) mass is 383 g/mol. The molecule has 1 N–H and O–H groups in total. The van der Waals surface area contributed by atoms with E-state index in [0.717, 1.165) is 40.2 Å². The Kier molecular flexibility index (Phi) is 5.51. The zero-order valence-corrected chi connectivity index (χ0v) is 15.8. The zero-order valence-electron chi connectivity index (χ0n) is 15.0. The van der Waals surface area contributed by atoms with Crippen molar-refractivity contribution in [3.05, 3.63) is 58.3 Å². The van der Waals surface area contributed by atoms with Crippen molar-refractivity contribution in [2.75, 3.05) is 7.11 Å². The number of aryl methyl sites for hydroxylation is 2. The smallest absolute Gasteiger partial charge is 0.331 e. The first-order chi connectivity index (χ1) is 13.0. The minimum absolute atomic E-state index is 0.208. The van der Waals surface area contributed by atoms with E-state index in [9.17, 15) is 9.59 Å². The summed E-state index contributed by atoms with van der Waals surface area (Å²) in [6.07, 6.45) is 6.30. The Bertz CT molecular complexity index is 977. The fourth-order valence-corrected chi connectivity index (χ4v) is 3.24. The summed E-state index contributed by atoms with van der Waals surface area (Å²) in [6, 6.07) is 5.90. The van der Waals surface area contributed by atoms with Gasteiger partial charge >= 0.3 is 5.97 Å². The van der Waals surface area contributed by atoms with Gasteiger partial charge in [0.2, 0.25) is 0 Å². The summed E-state index contributed by atoms with van der Waals surface area (Å²) in [7, 11) is 1.25. The van der Waals surface area contributed by atoms with Gasteiger partial charge in [-0.05, 0) is 48.9 Å². The van der Waals surface area contributed by atoms with Gasteiger partial charge < -0.3 is 4.74 Å². The number of amides is 1. The van der Waals surface area contributed by atoms with Gasteiger partial charge in [0, 0.05) is 24.0 Å². The van der Waals surface area contributed by atoms with Crippen molar-refractivity contribution in [3.8, 4) is 5.69 Å². The molecule has 1 aromatic heterocycles. The highest BCUT2D eigenvalue weighted by Gasteiger charge is 2.25. The Morgan fingerprint density at radius 2 is 2.19 bits per heavy atom. The van der Waals surface area contributed by atoms with Crippen LogP contribution in [-0.4, -0.2) is 40.1 Å². The second-order valence-electron chi connectivity index (χ2n) is 5.70. The maximum absolute atomic E-state index is 11.8. The number of nitrogens with zero attached hydrogens (tertiary/aromatic N) is 4. The average Bonchev–Trinajstić information content (AvgIpc) is 3.27. The van der Waals surface area contributed by atoms with Gasteiger partial charge in [0.1, 0.15) is 0 Å². The SMILES string of the molecule is COC(=O)/C=C1/S/C(=N\N=Cc2c(C)cc(C)cc2-n2cccn2)NC1=O. The van der Waals surface area contributed by atoms with E-state index in [1.54, 1.807) is 17.1 Å². The summed E-state index contributed by atoms with van der Waals surface area (Å²) >= 11 is 1.02. The topological polar surface area (TPSA) is 97.9 Å². The van der Waals surface area contributed by atoms with E-state index in [2.05, 4.69) is 25.4 Å². The van der Waals surface area contributed by atoms with Crippen molar-refractivity contribution in [1.82, 2.24) is 15.1 Å². The molecular formula is C18H17N5O3S. The maximum Gasteiger partial charge on any atom is 0.331 e. The van der Waals surface area contributed by atoms with Crippen LogP contribution in [0.5, 0.6) is 0 Å². The third-order valence-corrected chi connectivity index (χ3v) is 4.60. The van der Waals surface area contributed by atoms with E-state index in [1.807, 2.05) is 38.2 Å². The highest BCUT2D eigenvalue weighted by Crippen LogP contribution is 2.24. The van der Waals surface area contributed by atoms with E-state index < -0.39 is 11.9 Å². The quantitative estimate of drug-likeness (QED) is 0.377. The highest BCUT2D eigenvalue weighted by molar-refractivity contribution is 8.18. The number of methoxy groups -OCH3 is 1. The van der Waals surface area contributed by atoms with Gasteiger partial charge in [-0.25, -0.2) is 9.48 Å². The standard InChI is InChI=1S/C18H17N5O3S/c1-11-7-12(2)13(14(8-11)23-6-4-5-20-23)10-19-22-18-21-17(25)15(27-18)9-16(24)26-3/h4-10H,1-3H3,(H,21,22,25)/b15-9+,19-10?. The van der Waals surface area contributed by atoms with Crippen LogP contribution in [0.4, 0.5) is 0 Å². The van der Waals surface area contributed by atoms with E-state index >= 15 is 0 Å². The Balaban J connectivity index is 1.85. The third kappa shape index (κ3) is 4.32. The molecule has 0 radical (unpaired) electrons. The number of nitrogens with one attached hydrogen (secondary N) is 1. The second-order valence-corrected chi connectivity index (χ2v) is 6.73. The minimum atomic E-state index is -0.600. The summed E-state index contributed by atoms with van der Waals surface area (Å²) in [6.45, 7) is 4.00. The number of hydrogen-bond donors (Lipinski definition) is 1. The number of amidine groups is 1. The average molecular weight is 383 g/mol. The molecule has 1 aliphatic rings. The molecule has 0 unspecified atom stereocenters. The lowest BCUT2D eigenvalue weighted by Gasteiger charge is -2.10. The molecule has 0 bridgehead atoms. The fraction of sp³-hybridized carbons (Fsp3) is 0.167. The van der Waals surface area contributed by atoms with Gasteiger partial charge in [-0.1, -0.05) is 6.07 Å². The van der Waals surface area contributed by atoms with E-state index in [1.165, 1.54) is 7.11 Å². The van der Waals surface area contributed by atoms with Crippen LogP contribution in [0.25, 0.3) is 5.69 Å². The van der Waals surface area contributed by atoms with Crippen LogP contribution in [0, 0.1) is 13.8 Å². The van der Waals surface area contributed by atoms with Crippen LogP contribution in [0.1, 0.15) is 16.7 Å². The molecule has 8 nitrogen and oxygen atoms in total. The van der Waals surface area contributed by atoms with Crippen LogP contribution in [0.3, 0.4) is 0 Å². The first kappa shape index (κ1) is 18.6. The number of benzene rings is 1. The Labute approximate surface area is 160 Å². The minimum Gasteiger partial charge on any atom is -0.466 e. The van der Waals surface area contributed by atoms with E-state index in [0.29, 0.717) is 0 Å². The number of hydrogen-bond acceptors (Lipinski definition) is 7. The van der Waals surface area contributed by atoms with Gasteiger partial charge in [0.15, 0.2) is 5.17 Å². The number of esters is 1. The Hall–Kier alpha value is -3.20. The molecule has 2 heterocycles. The lowest BCUT2D eigenvalue weighted by atomic mass is 10.0. The molecule has 1 aromatic carbocycles. The van der Waals surface area contributed by atoms with Gasteiger partial charge in [0.05, 0.1) is 23.9 Å². The van der Waals surface area contributed by atoms with Crippen LogP contribution < -0.4 is 5.32 Å². The summed E-state index contributed by atoms with van der Waals surface area (Å²) in [5.74, 6) is -1.01. The number of carbonyl (C=O) groups excluding carboxylic acids is 2. The molecule has 1 saturated heterocycles. The first-order valence-corrected chi connectivity index (χ1v) is 8.80. The number of rotatable bonds is 4. The zero-order chi connectivity index (χ0) is 19.4. The van der Waals surface area contributed by atoms with Gasteiger partial charge in [-0.2, -0.15) is 10.2 Å². The van der Waals surface area contributed by atoms with Gasteiger partial charge in [-0.15, -0.1) is 5.10 Å². The van der Waals surface area contributed by atoms with Crippen molar-refractivity contribution >= 4 is 35.0 Å². The molecule has 3 rings (SSSR count). The molecule has 9 heteroatoms. The molecule has 0 spiro atoms. The molecule has 2 aromatic rings. The predicted molar refractivity (Wildman–Crippen MR) is 104 cm³/mol. The van der Waals surface area contributed by atoms with E-state index in [4.69, 9.17) is 0 Å². The normalized spacial score (nSPS) is 17.1. The highest BCUT2D eigenvalue weighted by atomic mass is 32.2. The van der Waals surface area contributed by atoms with Crippen molar-refractivity contribution in [2.45, 2.75) is 13.8 Å². The van der Waals surface area contributed by atoms with Crippen LogP contribution in [-0.2, 0) is 14.3 Å². The lowest BCUT2D eigenvalue weighted by molar-refractivity contribution is -0.135. The number of aromatic nitrogens is 2. The third-order valence-electron chi connectivity index (χ3n) is 3.70. The Morgan fingerprint density at radius 1 is 1.37 bits per heavy atom. The van der Waals surface area contributed by atoms with Crippen molar-refractivity contribution in [3.63, 3.8) is 0 Å². The van der Waals surface area contributed by atoms with Gasteiger partial charge in [-0.3, -0.25) is 10.1 Å². The summed E-state index contributed by atoms with van der Waals surface area (Å²) in [5, 5.41) is 15.2. The summed E-state index contributed by atoms with van der Waals surface area (Å²) < 4.78 is 6.28. The fourth-order valence-electron chi connectivity index (χ4n) is 2.51. The largest absolute Gasteiger partial charge is 0.466 e. The summed E-state index contributed by atoms with van der Waals surface area (Å²) in [5.41, 5.74) is 3.89. The van der Waals surface area contributed by atoms with E-state index in [-0.39, 0.29) is 10.1 Å². The maximum atomic E-state index is 11.8. The molecule has 138 valence electrons. The van der Waals surface area contributed by atoms with Crippen molar-refractivity contribution < 1.29 is 14.3 Å². The molecule has 1 aliphatic heterocycles. The Morgan fingerprint density at radius 3 is 2.89 bits per heavy atom. The summed E-state index contributed by atoms with van der Waals surface area (Å²) in [4.78, 5) is 23.3. The molecule has 0 aliphatic carbocycles. The molecule has 1 amide bonds.